The van der Waals surface area contributed by atoms with Crippen molar-refractivity contribution in [3.63, 3.8) is 0 Å². The first-order valence-electron chi connectivity index (χ1n) is 6.22. The van der Waals surface area contributed by atoms with Crippen molar-refractivity contribution >= 4 is 11.6 Å². The molecule has 20 heavy (non-hydrogen) atoms. The molecule has 0 radical (unpaired) electrons. The molecule has 0 bridgehead atoms. The summed E-state index contributed by atoms with van der Waals surface area (Å²) in [6, 6.07) is 6.92. The molecule has 0 aliphatic heterocycles. The van der Waals surface area contributed by atoms with E-state index in [1.165, 1.54) is 11.8 Å². The van der Waals surface area contributed by atoms with Crippen LogP contribution in [0.15, 0.2) is 30.5 Å². The summed E-state index contributed by atoms with van der Waals surface area (Å²) in [4.78, 5) is 24.2. The smallest absolute Gasteiger partial charge is 0.190 e. The van der Waals surface area contributed by atoms with E-state index in [9.17, 15) is 9.59 Å². The molecule has 5 nitrogen and oxygen atoms in total. The number of Topliss-reactive ketones (excluding diaryl/α,β-unsaturated/α-hetero) is 2. The van der Waals surface area contributed by atoms with Crippen LogP contribution in [0.1, 0.15) is 32.8 Å². The van der Waals surface area contributed by atoms with Crippen molar-refractivity contribution in [2.75, 3.05) is 7.11 Å². The number of ketones is 2. The second-order valence-electron chi connectivity index (χ2n) is 4.60. The summed E-state index contributed by atoms with van der Waals surface area (Å²) >= 11 is 0. The van der Waals surface area contributed by atoms with Gasteiger partial charge in [0.2, 0.25) is 0 Å². The Kier molecular flexibility index (Phi) is 3.98. The van der Waals surface area contributed by atoms with Gasteiger partial charge in [0, 0.05) is 13.2 Å². The highest BCUT2D eigenvalue weighted by molar-refractivity contribution is 6.13. The number of aryl methyl sites for hydroxylation is 2. The van der Waals surface area contributed by atoms with Gasteiger partial charge in [0.15, 0.2) is 11.6 Å². The van der Waals surface area contributed by atoms with E-state index in [1.807, 2.05) is 13.0 Å². The van der Waals surface area contributed by atoms with Gasteiger partial charge in [-0.2, -0.15) is 5.10 Å². The van der Waals surface area contributed by atoms with Crippen LogP contribution in [0.2, 0.25) is 0 Å². The van der Waals surface area contributed by atoms with Gasteiger partial charge in [-0.15, -0.1) is 0 Å². The molecule has 0 saturated carbocycles. The molecule has 0 N–H and O–H groups in total. The monoisotopic (exact) mass is 272 g/mol. The van der Waals surface area contributed by atoms with Crippen molar-refractivity contribution in [3.8, 4) is 5.75 Å². The molecule has 2 rings (SSSR count). The third-order valence-electron chi connectivity index (χ3n) is 2.98. The van der Waals surface area contributed by atoms with Crippen molar-refractivity contribution in [3.05, 3.63) is 47.3 Å². The average molecular weight is 272 g/mol. The molecule has 1 aromatic carbocycles. The summed E-state index contributed by atoms with van der Waals surface area (Å²) in [6.07, 6.45) is 1.46. The molecular weight excluding hydrogens is 256 g/mol. The van der Waals surface area contributed by atoms with E-state index in [-0.39, 0.29) is 18.0 Å². The van der Waals surface area contributed by atoms with Crippen LogP contribution < -0.4 is 4.74 Å². The summed E-state index contributed by atoms with van der Waals surface area (Å²) in [6.45, 7) is 1.89. The molecule has 1 aromatic heterocycles. The van der Waals surface area contributed by atoms with Gasteiger partial charge < -0.3 is 4.74 Å². The molecule has 104 valence electrons. The Morgan fingerprint density at radius 1 is 1.25 bits per heavy atom. The third kappa shape index (κ3) is 2.93. The lowest BCUT2D eigenvalue weighted by atomic mass is 10.0. The maximum atomic E-state index is 12.2. The molecule has 0 spiro atoms. The van der Waals surface area contributed by atoms with Crippen molar-refractivity contribution in [2.45, 2.75) is 13.3 Å². The maximum absolute atomic E-state index is 12.2. The number of ether oxygens (including phenoxy) is 1. The van der Waals surface area contributed by atoms with Crippen LogP contribution in [0.4, 0.5) is 0 Å². The average Bonchev–Trinajstić information content (AvgIpc) is 2.85. The summed E-state index contributed by atoms with van der Waals surface area (Å²) in [5.74, 6) is -0.0743. The number of aromatic nitrogens is 2. The van der Waals surface area contributed by atoms with Crippen LogP contribution in [0.5, 0.6) is 5.75 Å². The number of benzene rings is 1. The highest BCUT2D eigenvalue weighted by atomic mass is 16.5. The third-order valence-corrected chi connectivity index (χ3v) is 2.98. The number of carbonyl (C=O) groups excluding carboxylic acids is 2. The zero-order valence-electron chi connectivity index (χ0n) is 11.7. The van der Waals surface area contributed by atoms with Crippen LogP contribution in [0.25, 0.3) is 0 Å². The van der Waals surface area contributed by atoms with E-state index in [0.717, 1.165) is 5.56 Å². The molecule has 0 aliphatic rings. The van der Waals surface area contributed by atoms with Crippen molar-refractivity contribution in [2.24, 2.45) is 7.05 Å². The summed E-state index contributed by atoms with van der Waals surface area (Å²) in [7, 11) is 3.23. The second kappa shape index (κ2) is 5.69. The van der Waals surface area contributed by atoms with E-state index in [1.54, 1.807) is 31.4 Å². The summed E-state index contributed by atoms with van der Waals surface area (Å²) < 4.78 is 6.69. The van der Waals surface area contributed by atoms with E-state index in [4.69, 9.17) is 4.74 Å². The Morgan fingerprint density at radius 2 is 2.00 bits per heavy atom. The summed E-state index contributed by atoms with van der Waals surface area (Å²) in [5, 5.41) is 4.00. The van der Waals surface area contributed by atoms with E-state index in [0.29, 0.717) is 17.0 Å². The molecule has 1 heterocycles. The molecule has 0 amide bonds. The molecule has 2 aromatic rings. The van der Waals surface area contributed by atoms with Crippen LogP contribution in [-0.2, 0) is 7.05 Å². The Bertz CT molecular complexity index is 659. The van der Waals surface area contributed by atoms with Gasteiger partial charge in [-0.1, -0.05) is 11.6 Å². The highest BCUT2D eigenvalue weighted by Crippen LogP contribution is 2.21. The highest BCUT2D eigenvalue weighted by Gasteiger charge is 2.18. The minimum absolute atomic E-state index is 0.211. The Morgan fingerprint density at radius 3 is 2.60 bits per heavy atom. The predicted octanol–water partition coefficient (Wildman–Crippen LogP) is 2.19. The van der Waals surface area contributed by atoms with Crippen molar-refractivity contribution in [1.82, 2.24) is 9.78 Å². The number of nitrogens with zero attached hydrogens (tertiary/aromatic N) is 2. The molecule has 0 fully saturated rings. The molecule has 0 saturated heterocycles. The van der Waals surface area contributed by atoms with Gasteiger partial charge in [0.1, 0.15) is 11.4 Å². The van der Waals surface area contributed by atoms with Crippen LogP contribution in [-0.4, -0.2) is 28.5 Å². The fourth-order valence-corrected chi connectivity index (χ4v) is 1.94. The fourth-order valence-electron chi connectivity index (χ4n) is 1.94. The van der Waals surface area contributed by atoms with Gasteiger partial charge in [0.25, 0.3) is 0 Å². The van der Waals surface area contributed by atoms with Crippen LogP contribution in [0, 0.1) is 6.92 Å². The minimum Gasteiger partial charge on any atom is -0.496 e. The first-order chi connectivity index (χ1) is 9.51. The normalized spacial score (nSPS) is 10.3. The molecular formula is C15H16N2O3. The number of hydrogen-bond donors (Lipinski definition) is 0. The van der Waals surface area contributed by atoms with Gasteiger partial charge >= 0.3 is 0 Å². The van der Waals surface area contributed by atoms with Gasteiger partial charge in [0.05, 0.1) is 19.1 Å². The Labute approximate surface area is 117 Å². The topological polar surface area (TPSA) is 61.2 Å². The standard InChI is InChI=1S/C15H16N2O3/c1-10-4-5-15(20-3)11(8-10)13(18)9-14(19)12-6-7-17(2)16-12/h4-8H,9H2,1-3H3. The number of hydrogen-bond acceptors (Lipinski definition) is 4. The molecule has 5 heteroatoms. The Hall–Kier alpha value is -2.43. The summed E-state index contributed by atoms with van der Waals surface area (Å²) in [5.41, 5.74) is 1.67. The van der Waals surface area contributed by atoms with Gasteiger partial charge in [-0.25, -0.2) is 0 Å². The SMILES string of the molecule is COc1ccc(C)cc1C(=O)CC(=O)c1ccn(C)n1. The maximum Gasteiger partial charge on any atom is 0.190 e. The number of carbonyl (C=O) groups is 2. The second-order valence-corrected chi connectivity index (χ2v) is 4.60. The minimum atomic E-state index is -0.292. The lowest BCUT2D eigenvalue weighted by molar-refractivity contribution is 0.0889. The zero-order valence-corrected chi connectivity index (χ0v) is 11.7. The van der Waals surface area contributed by atoms with E-state index in [2.05, 4.69) is 5.10 Å². The number of methoxy groups -OCH3 is 1. The van der Waals surface area contributed by atoms with Crippen molar-refractivity contribution in [1.29, 1.82) is 0 Å². The number of rotatable bonds is 5. The molecule has 0 unspecified atom stereocenters. The first-order valence-corrected chi connectivity index (χ1v) is 6.22. The quantitative estimate of drug-likeness (QED) is 0.618. The van der Waals surface area contributed by atoms with E-state index >= 15 is 0 Å². The lowest BCUT2D eigenvalue weighted by Gasteiger charge is -2.07. The zero-order chi connectivity index (χ0) is 14.7. The van der Waals surface area contributed by atoms with Crippen LogP contribution >= 0.6 is 0 Å². The first kappa shape index (κ1) is 14.0. The fraction of sp³-hybridized carbons (Fsp3) is 0.267. The van der Waals surface area contributed by atoms with Crippen molar-refractivity contribution < 1.29 is 14.3 Å². The lowest BCUT2D eigenvalue weighted by Crippen LogP contribution is -2.11. The van der Waals surface area contributed by atoms with Gasteiger partial charge in [-0.3, -0.25) is 14.3 Å². The molecule has 0 aliphatic carbocycles. The van der Waals surface area contributed by atoms with Gasteiger partial charge in [-0.05, 0) is 25.1 Å². The predicted molar refractivity (Wildman–Crippen MR) is 74.2 cm³/mol. The largest absolute Gasteiger partial charge is 0.496 e. The van der Waals surface area contributed by atoms with E-state index < -0.39 is 0 Å². The van der Waals surface area contributed by atoms with Crippen LogP contribution in [0.3, 0.4) is 0 Å². The molecule has 0 atom stereocenters. The Balaban J connectivity index is 2.20.